The fraction of sp³-hybridized carbons (Fsp3) is 0.154. The number of hydrogen-bond donors (Lipinski definition) is 0. The summed E-state index contributed by atoms with van der Waals surface area (Å²) in [5.74, 6) is -0.348. The van der Waals surface area contributed by atoms with Gasteiger partial charge in [0.05, 0.1) is 17.8 Å². The lowest BCUT2D eigenvalue weighted by Gasteiger charge is -2.18. The zero-order valence-electron chi connectivity index (χ0n) is 16.8. The van der Waals surface area contributed by atoms with Crippen LogP contribution in [-0.2, 0) is 11.2 Å². The van der Waals surface area contributed by atoms with Crippen LogP contribution in [0.15, 0.2) is 78.9 Å². The standard InChI is InChI=1S/C26H23NO3/c1-2-16-30-20-14-12-19(13-15-20)26-22(17-24(28)29)25(18-8-4-3-5-9-18)21-10-6-7-11-23(21)27-26/h3-15H,2,16-17H2,1H3,(H,28,29)/p-1. The SMILES string of the molecule is CCCOc1ccc(-c2nc3ccccc3c(-c3ccccc3)c2CC(=O)[O-])cc1. The number of carbonyl (C=O) groups excluding carboxylic acids is 1. The second-order valence-electron chi connectivity index (χ2n) is 7.12. The Labute approximate surface area is 175 Å². The molecule has 150 valence electrons. The third kappa shape index (κ3) is 4.03. The number of fused-ring (bicyclic) bond motifs is 1. The lowest BCUT2D eigenvalue weighted by atomic mass is 9.90. The van der Waals surface area contributed by atoms with Crippen molar-refractivity contribution in [3.63, 3.8) is 0 Å². The summed E-state index contributed by atoms with van der Waals surface area (Å²) < 4.78 is 5.68. The number of aromatic nitrogens is 1. The van der Waals surface area contributed by atoms with Crippen molar-refractivity contribution in [2.45, 2.75) is 19.8 Å². The van der Waals surface area contributed by atoms with Crippen LogP contribution in [0.2, 0.25) is 0 Å². The first kappa shape index (κ1) is 19.6. The van der Waals surface area contributed by atoms with Gasteiger partial charge in [-0.15, -0.1) is 0 Å². The lowest BCUT2D eigenvalue weighted by molar-refractivity contribution is -0.304. The molecule has 0 N–H and O–H groups in total. The first-order valence-electron chi connectivity index (χ1n) is 10.1. The van der Waals surface area contributed by atoms with E-state index in [9.17, 15) is 9.90 Å². The van der Waals surface area contributed by atoms with E-state index < -0.39 is 5.97 Å². The topological polar surface area (TPSA) is 62.2 Å². The quantitative estimate of drug-likeness (QED) is 0.456. The molecule has 1 aromatic heterocycles. The Morgan fingerprint density at radius 1 is 0.900 bits per heavy atom. The largest absolute Gasteiger partial charge is 0.550 e. The van der Waals surface area contributed by atoms with Gasteiger partial charge in [-0.25, -0.2) is 4.98 Å². The molecule has 0 spiro atoms. The third-order valence-electron chi connectivity index (χ3n) is 4.98. The Kier molecular flexibility index (Phi) is 5.75. The minimum atomic E-state index is -1.13. The highest BCUT2D eigenvalue weighted by Crippen LogP contribution is 2.37. The molecule has 4 nitrogen and oxygen atoms in total. The summed E-state index contributed by atoms with van der Waals surface area (Å²) in [4.78, 5) is 16.5. The fourth-order valence-corrected chi connectivity index (χ4v) is 3.67. The van der Waals surface area contributed by atoms with Crippen LogP contribution in [-0.4, -0.2) is 17.6 Å². The summed E-state index contributed by atoms with van der Waals surface area (Å²) in [6.45, 7) is 2.71. The van der Waals surface area contributed by atoms with Gasteiger partial charge >= 0.3 is 0 Å². The number of rotatable bonds is 7. The Morgan fingerprint density at radius 2 is 1.60 bits per heavy atom. The van der Waals surface area contributed by atoms with Gasteiger partial charge in [0.2, 0.25) is 0 Å². The monoisotopic (exact) mass is 396 g/mol. The minimum Gasteiger partial charge on any atom is -0.550 e. The average Bonchev–Trinajstić information content (AvgIpc) is 2.78. The van der Waals surface area contributed by atoms with Crippen LogP contribution in [0.1, 0.15) is 18.9 Å². The van der Waals surface area contributed by atoms with Crippen LogP contribution < -0.4 is 9.84 Å². The molecule has 30 heavy (non-hydrogen) atoms. The number of carboxylic acid groups (broad SMARTS) is 1. The lowest BCUT2D eigenvalue weighted by Crippen LogP contribution is -2.25. The Morgan fingerprint density at radius 3 is 2.30 bits per heavy atom. The highest BCUT2D eigenvalue weighted by Gasteiger charge is 2.18. The first-order valence-corrected chi connectivity index (χ1v) is 10.1. The Bertz CT molecular complexity index is 1170. The fourth-order valence-electron chi connectivity index (χ4n) is 3.67. The molecule has 0 saturated carbocycles. The molecule has 0 aliphatic rings. The van der Waals surface area contributed by atoms with E-state index in [0.717, 1.165) is 39.8 Å². The predicted octanol–water partition coefficient (Wildman–Crippen LogP) is 4.65. The Balaban J connectivity index is 1.96. The minimum absolute atomic E-state index is 0.217. The van der Waals surface area contributed by atoms with Crippen molar-refractivity contribution in [2.75, 3.05) is 6.61 Å². The highest BCUT2D eigenvalue weighted by molar-refractivity contribution is 6.00. The number of carboxylic acids is 1. The van der Waals surface area contributed by atoms with E-state index in [1.807, 2.05) is 78.9 Å². The van der Waals surface area contributed by atoms with E-state index in [1.54, 1.807) is 0 Å². The van der Waals surface area contributed by atoms with Crippen LogP contribution in [0.5, 0.6) is 5.75 Å². The Hall–Kier alpha value is -3.66. The van der Waals surface area contributed by atoms with Crippen LogP contribution in [0.3, 0.4) is 0 Å². The van der Waals surface area contributed by atoms with Gasteiger partial charge < -0.3 is 14.6 Å². The highest BCUT2D eigenvalue weighted by atomic mass is 16.5. The molecule has 4 heteroatoms. The van der Waals surface area contributed by atoms with Gasteiger partial charge in [0, 0.05) is 23.3 Å². The summed E-state index contributed by atoms with van der Waals surface area (Å²) in [5.41, 5.74) is 4.81. The van der Waals surface area contributed by atoms with Crippen LogP contribution in [0.4, 0.5) is 0 Å². The number of nitrogens with zero attached hydrogens (tertiary/aromatic N) is 1. The van der Waals surface area contributed by atoms with E-state index in [-0.39, 0.29) is 6.42 Å². The maximum atomic E-state index is 11.7. The summed E-state index contributed by atoms with van der Waals surface area (Å²) >= 11 is 0. The van der Waals surface area contributed by atoms with Gasteiger partial charge in [-0.2, -0.15) is 0 Å². The molecule has 4 rings (SSSR count). The van der Waals surface area contributed by atoms with Crippen LogP contribution >= 0.6 is 0 Å². The van der Waals surface area contributed by atoms with Crippen molar-refractivity contribution in [1.29, 1.82) is 0 Å². The van der Waals surface area contributed by atoms with Crippen molar-refractivity contribution in [3.8, 4) is 28.1 Å². The molecule has 0 atom stereocenters. The summed E-state index contributed by atoms with van der Waals surface area (Å²) in [6.07, 6.45) is 0.718. The van der Waals surface area contributed by atoms with Crippen molar-refractivity contribution in [1.82, 2.24) is 4.98 Å². The molecule has 4 aromatic rings. The molecule has 0 amide bonds. The van der Waals surface area contributed by atoms with Crippen molar-refractivity contribution in [3.05, 3.63) is 84.4 Å². The maximum absolute atomic E-state index is 11.7. The van der Waals surface area contributed by atoms with Crippen molar-refractivity contribution in [2.24, 2.45) is 0 Å². The number of para-hydroxylation sites is 1. The summed E-state index contributed by atoms with van der Waals surface area (Å²) in [5, 5.41) is 12.6. The molecule has 0 aliphatic carbocycles. The summed E-state index contributed by atoms with van der Waals surface area (Å²) in [6, 6.07) is 25.3. The van der Waals surface area contributed by atoms with E-state index in [4.69, 9.17) is 9.72 Å². The number of hydrogen-bond acceptors (Lipinski definition) is 4. The zero-order valence-corrected chi connectivity index (χ0v) is 16.8. The molecular weight excluding hydrogens is 374 g/mol. The number of aliphatic carboxylic acids is 1. The van der Waals surface area contributed by atoms with E-state index in [2.05, 4.69) is 6.92 Å². The molecule has 0 aliphatic heterocycles. The molecule has 3 aromatic carbocycles. The zero-order chi connectivity index (χ0) is 20.9. The van der Waals surface area contributed by atoms with Gasteiger partial charge in [-0.05, 0) is 53.4 Å². The van der Waals surface area contributed by atoms with Gasteiger partial charge in [0.25, 0.3) is 0 Å². The van der Waals surface area contributed by atoms with Gasteiger partial charge in [-0.3, -0.25) is 0 Å². The molecule has 0 radical (unpaired) electrons. The second-order valence-corrected chi connectivity index (χ2v) is 7.12. The van der Waals surface area contributed by atoms with Crippen molar-refractivity contribution < 1.29 is 14.6 Å². The van der Waals surface area contributed by atoms with Crippen LogP contribution in [0, 0.1) is 0 Å². The normalized spacial score (nSPS) is 10.8. The molecule has 0 saturated heterocycles. The van der Waals surface area contributed by atoms with Crippen LogP contribution in [0.25, 0.3) is 33.3 Å². The van der Waals surface area contributed by atoms with Gasteiger partial charge in [0.15, 0.2) is 0 Å². The second kappa shape index (κ2) is 8.78. The summed E-state index contributed by atoms with van der Waals surface area (Å²) in [7, 11) is 0. The number of carbonyl (C=O) groups is 1. The predicted molar refractivity (Wildman–Crippen MR) is 117 cm³/mol. The van der Waals surface area contributed by atoms with Gasteiger partial charge in [-0.1, -0.05) is 55.5 Å². The molecular formula is C26H22NO3-. The third-order valence-corrected chi connectivity index (χ3v) is 4.98. The number of ether oxygens (including phenoxy) is 1. The number of pyridine rings is 1. The van der Waals surface area contributed by atoms with E-state index in [1.165, 1.54) is 0 Å². The first-order chi connectivity index (χ1) is 14.7. The molecule has 0 bridgehead atoms. The number of benzene rings is 3. The molecule has 0 unspecified atom stereocenters. The molecule has 0 fully saturated rings. The van der Waals surface area contributed by atoms with Gasteiger partial charge in [0.1, 0.15) is 5.75 Å². The smallest absolute Gasteiger partial charge is 0.119 e. The average molecular weight is 396 g/mol. The van der Waals surface area contributed by atoms with Crippen molar-refractivity contribution >= 4 is 16.9 Å². The molecule has 1 heterocycles. The van der Waals surface area contributed by atoms with E-state index in [0.29, 0.717) is 17.9 Å². The van der Waals surface area contributed by atoms with E-state index >= 15 is 0 Å². The maximum Gasteiger partial charge on any atom is 0.119 e.